The van der Waals surface area contributed by atoms with Gasteiger partial charge < -0.3 is 58.1 Å². The summed E-state index contributed by atoms with van der Waals surface area (Å²) in [5.74, 6) is -37.7. The molecule has 4 aromatic rings. The Balaban J connectivity index is 0.000000525. The van der Waals surface area contributed by atoms with Crippen molar-refractivity contribution in [2.24, 2.45) is 17.8 Å². The number of hydrogen-bond donors (Lipinski definition) is 0. The van der Waals surface area contributed by atoms with Gasteiger partial charge in [0.2, 0.25) is 0 Å². The summed E-state index contributed by atoms with van der Waals surface area (Å²) in [7, 11) is -2.97. The number of alkyl halides is 18. The lowest BCUT2D eigenvalue weighted by atomic mass is 9.97. The Kier molecular flexibility index (Phi) is 53.1. The highest BCUT2D eigenvalue weighted by Gasteiger charge is 2.64. The maximum atomic E-state index is 14.1. The van der Waals surface area contributed by atoms with E-state index in [1.807, 2.05) is 226 Å². The van der Waals surface area contributed by atoms with Crippen LogP contribution in [0.5, 0.6) is 0 Å². The zero-order chi connectivity index (χ0) is 99.3. The topological polar surface area (TPSA) is 328 Å². The molecule has 0 bridgehead atoms. The Morgan fingerprint density at radius 2 is 0.946 bits per heavy atom. The molecular formula is C76H80F18I9N2O21S3-3. The summed E-state index contributed by atoms with van der Waals surface area (Å²) in [6.45, 7) is 8.63. The number of carboxylic acid groups (broad SMARTS) is 3. The molecule has 129 heavy (non-hydrogen) atoms. The lowest BCUT2D eigenvalue weighted by Crippen LogP contribution is -2.55. The average Bonchev–Trinajstić information content (AvgIpc) is 0.918. The molecule has 0 N–H and O–H groups in total. The first-order valence-corrected chi connectivity index (χ1v) is 51.1. The van der Waals surface area contributed by atoms with E-state index in [0.29, 0.717) is 54.6 Å². The molecule has 5 atom stereocenters. The molecule has 0 spiro atoms. The highest BCUT2D eigenvalue weighted by Crippen LogP contribution is 2.42. The fourth-order valence-corrected chi connectivity index (χ4v) is 21.2. The van der Waals surface area contributed by atoms with Crippen molar-refractivity contribution in [2.45, 2.75) is 166 Å². The zero-order valence-electron chi connectivity index (χ0n) is 68.0. The fraction of sp³-hybridized carbons (Fsp3) is 0.566. The van der Waals surface area contributed by atoms with Crippen LogP contribution in [-0.2, 0) is 71.8 Å². The first-order valence-electron chi connectivity index (χ1n) is 37.2. The second kappa shape index (κ2) is 55.7. The van der Waals surface area contributed by atoms with Gasteiger partial charge in [-0.25, -0.2) is 31.6 Å². The molecule has 0 amide bonds. The van der Waals surface area contributed by atoms with Crippen molar-refractivity contribution in [1.82, 2.24) is 9.80 Å². The lowest BCUT2D eigenvalue weighted by molar-refractivity contribution is -0.337. The second-order valence-electron chi connectivity index (χ2n) is 28.3. The van der Waals surface area contributed by atoms with Crippen LogP contribution in [0.25, 0.3) is 0 Å². The summed E-state index contributed by atoms with van der Waals surface area (Å²) >= 11 is 21.1. The van der Waals surface area contributed by atoms with Crippen molar-refractivity contribution in [3.05, 3.63) is 121 Å². The van der Waals surface area contributed by atoms with Crippen molar-refractivity contribution in [3.63, 3.8) is 0 Å². The van der Waals surface area contributed by atoms with Crippen LogP contribution in [0.15, 0.2) is 66.7 Å². The van der Waals surface area contributed by atoms with E-state index < -0.39 is 180 Å². The quantitative estimate of drug-likeness (QED) is 0.0144. The van der Waals surface area contributed by atoms with Crippen LogP contribution in [0.4, 0.5) is 79.0 Å². The van der Waals surface area contributed by atoms with Gasteiger partial charge in [0.1, 0.15) is 33.8 Å². The third kappa shape index (κ3) is 42.3. The van der Waals surface area contributed by atoms with Gasteiger partial charge in [0.25, 0.3) is 0 Å². The second-order valence-corrected chi connectivity index (χ2v) is 43.5. The van der Waals surface area contributed by atoms with Gasteiger partial charge in [0, 0.05) is 115 Å². The Labute approximate surface area is 860 Å². The summed E-state index contributed by atoms with van der Waals surface area (Å²) in [5, 5.41) is 31.9. The number of nitrogens with zero attached hydrogens (tertiary/aromatic N) is 2. The number of benzene rings is 4. The first-order chi connectivity index (χ1) is 59.1. The summed E-state index contributed by atoms with van der Waals surface area (Å²) in [4.78, 5) is 106. The molecule has 3 aliphatic rings. The van der Waals surface area contributed by atoms with E-state index in [1.54, 1.807) is 29.6 Å². The predicted molar refractivity (Wildman–Crippen MR) is 504 cm³/mol. The highest BCUT2D eigenvalue weighted by atomic mass is 127. The monoisotopic (exact) mass is 2940 g/mol. The van der Waals surface area contributed by atoms with E-state index >= 15 is 0 Å². The van der Waals surface area contributed by atoms with Gasteiger partial charge in [-0.3, -0.25) is 28.9 Å². The average molecular weight is 2940 g/mol. The van der Waals surface area contributed by atoms with E-state index in [9.17, 15) is 146 Å². The minimum atomic E-state index is -5.75. The molecule has 53 heteroatoms. The predicted octanol–water partition coefficient (Wildman–Crippen LogP) is 16.8. The first kappa shape index (κ1) is 123. The van der Waals surface area contributed by atoms with Crippen molar-refractivity contribution in [3.8, 4) is 0 Å². The minimum absolute atomic E-state index is 0.0290. The van der Waals surface area contributed by atoms with E-state index in [1.165, 1.54) is 88.9 Å². The molecule has 3 aliphatic heterocycles. The van der Waals surface area contributed by atoms with Crippen molar-refractivity contribution in [2.75, 3.05) is 87.0 Å². The summed E-state index contributed by atoms with van der Waals surface area (Å²) < 4.78 is 294. The van der Waals surface area contributed by atoms with Crippen LogP contribution in [0.1, 0.15) is 130 Å². The summed E-state index contributed by atoms with van der Waals surface area (Å²) in [6.07, 6.45) is -20.6. The molecule has 0 aliphatic carbocycles. The molecule has 4 aromatic carbocycles. The number of hydrogen-bond acceptors (Lipinski definition) is 25. The number of halogens is 27. The normalized spacial score (nSPS) is 16.1. The number of carboxylic acids is 3. The van der Waals surface area contributed by atoms with Crippen LogP contribution in [0, 0.1) is 49.9 Å². The number of carbonyl (C=O) groups is 9. The van der Waals surface area contributed by atoms with Crippen molar-refractivity contribution >= 4 is 290 Å². The molecule has 23 nitrogen and oxygen atoms in total. The Morgan fingerprint density at radius 1 is 0.535 bits per heavy atom. The Morgan fingerprint density at radius 3 is 1.32 bits per heavy atom. The summed E-state index contributed by atoms with van der Waals surface area (Å²) in [5.41, 5.74) is 0.198. The lowest BCUT2D eigenvalue weighted by Gasteiger charge is -2.34. The van der Waals surface area contributed by atoms with E-state index in [4.69, 9.17) is 14.2 Å². The Hall–Kier alpha value is -2.05. The molecule has 0 aromatic heterocycles. The molecule has 3 saturated heterocycles. The number of thioether (sulfide) groups is 2. The molecule has 0 radical (unpaired) electrons. The number of esters is 6. The van der Waals surface area contributed by atoms with E-state index in [2.05, 4.69) is 18.9 Å². The van der Waals surface area contributed by atoms with Gasteiger partial charge in [-0.2, -0.15) is 80.6 Å². The SMILES string of the molecule is CC(=O)OC(COC(F)(F)F)CN1CCSCC1.CC(C)C(=O)OC(CN1CCSCC1)C(F)(F)C(F)(F)F.CC(C)C(OC(=O)c1cc(I)cc(I)c1I)C(F)(F)C(=O)[O-].CC(F)(F)C(F)(F)CCOC(=O)CCC1CCS(=O)(=O)CC1.CCC(OC(=O)c1cc(I)cc(I)c1I)C(F)(F)C(=O)[O-].O=C(OC(c1ccccc1)C(F)(F)C(=O)[O-])c1cc(I)cc(I)c1I. The minimum Gasteiger partial charge on any atom is -0.544 e. The molecular weight excluding hydrogens is 2860 g/mol. The van der Waals surface area contributed by atoms with Gasteiger partial charge in [0.05, 0.1) is 53.7 Å². The van der Waals surface area contributed by atoms with Gasteiger partial charge in [-0.1, -0.05) is 65.0 Å². The van der Waals surface area contributed by atoms with Crippen molar-refractivity contribution in [1.29, 1.82) is 0 Å². The van der Waals surface area contributed by atoms with Crippen LogP contribution in [0.2, 0.25) is 0 Å². The Bertz CT molecular complexity index is 4510. The molecule has 5 unspecified atom stereocenters. The van der Waals surface area contributed by atoms with Crippen LogP contribution in [-0.4, -0.2) is 231 Å². The van der Waals surface area contributed by atoms with E-state index in [-0.39, 0.29) is 66.0 Å². The molecule has 0 saturated carbocycles. The summed E-state index contributed by atoms with van der Waals surface area (Å²) in [6, 6.07) is 16.9. The van der Waals surface area contributed by atoms with Gasteiger partial charge in [-0.05, 0) is 283 Å². The standard InChI is InChI=1S/C16H9F2I3O4.C13H20F4O4S.C13H11F2I3O4.C12H18F5NO2S.C12H9F2I3O4.C10H16F3NO3S/c17-16(18,15(23)24)13(8-4-2-1-3-5-8)25-14(22)10-6-9(19)7-11(20)12(10)21;1-12(14,15)13(16,17)6-7-21-11(18)3-2-10-4-8-22(19,20)9-5-10;1-5(2)10(13(14,15)12(20)21)22-11(19)7-3-6(16)4-8(17)9(7)18;1-8(2)10(19)20-9(11(13,14)12(15,16)17)7-18-3-5-21-6-4-18;1-2-8(12(13,14)11(19)20)21-10(18)6-3-5(15)4-7(16)9(6)17;1-8(15)17-9(7-16-10(11,12)13)6-14-2-4-18-5-3-14/h1-7,13H,(H,23,24);10H,2-9H2,1H3;3-5,10H,1-2H3,(H,20,21);8-9H,3-7H2,1-2H3;3-4,8H,2H2,1H3,(H,19,20);9H,2-7H2,1H3/p-3. The fourth-order valence-electron chi connectivity index (χ4n) is 10.5. The number of rotatable bonds is 32. The highest BCUT2D eigenvalue weighted by molar-refractivity contribution is 14.1. The van der Waals surface area contributed by atoms with Gasteiger partial charge in [0.15, 0.2) is 24.4 Å². The number of aliphatic carboxylic acids is 3. The van der Waals surface area contributed by atoms with Crippen LogP contribution in [0.3, 0.4) is 0 Å². The molecule has 3 fully saturated rings. The third-order valence-corrected chi connectivity index (χ3v) is 32.1. The van der Waals surface area contributed by atoms with Crippen LogP contribution >= 0.6 is 227 Å². The number of sulfone groups is 1. The number of ether oxygens (including phenoxy) is 7. The van der Waals surface area contributed by atoms with Crippen molar-refractivity contribution < 1.29 is 179 Å². The smallest absolute Gasteiger partial charge is 0.522 e. The maximum Gasteiger partial charge on any atom is 0.522 e. The van der Waals surface area contributed by atoms with Gasteiger partial charge >= 0.3 is 83.9 Å². The maximum absolute atomic E-state index is 14.1. The molecule has 7 rings (SSSR count). The molecule has 3 heterocycles. The van der Waals surface area contributed by atoms with E-state index in [0.717, 1.165) is 46.0 Å². The molecule has 730 valence electrons. The third-order valence-electron chi connectivity index (χ3n) is 17.5. The number of carbonyl (C=O) groups excluding carboxylic acids is 9. The zero-order valence-corrected chi connectivity index (χ0v) is 89.9. The van der Waals surface area contributed by atoms with Gasteiger partial charge in [-0.15, -0.1) is 13.2 Å². The largest absolute Gasteiger partial charge is 0.544 e. The van der Waals surface area contributed by atoms with Crippen LogP contribution < -0.4 is 15.3 Å².